The van der Waals surface area contributed by atoms with Crippen molar-refractivity contribution in [3.63, 3.8) is 0 Å². The van der Waals surface area contributed by atoms with Gasteiger partial charge in [-0.1, -0.05) is 29.4 Å². The minimum absolute atomic E-state index is 0.158. The molecule has 4 rings (SSSR count). The number of aliphatic carboxylic acids is 1. The van der Waals surface area contributed by atoms with Crippen molar-refractivity contribution in [2.75, 3.05) is 40.3 Å². The molecule has 2 aliphatic rings. The van der Waals surface area contributed by atoms with Crippen LogP contribution in [-0.4, -0.2) is 83.3 Å². The standard InChI is InChI=1S/C23H32N4O2.C2HF3O2/c1-17-20(18(2)29-24-17)14-27-13-19-7-5-6-8-21(19)23(16-27)9-11-26(12-10-23)15-22(28)25(3)4;3-2(4,5)1(6)7/h5-8H,9-16H2,1-4H3;(H,6,7). The number of amides is 1. The molecule has 1 fully saturated rings. The SMILES string of the molecule is Cc1noc(C)c1CN1Cc2ccccc2C2(CCN(CC(=O)N(C)C)CC2)C1.O=C(O)C(F)(F)F. The number of benzene rings is 1. The van der Waals surface area contributed by atoms with Crippen LogP contribution in [0, 0.1) is 13.8 Å². The maximum absolute atomic E-state index is 12.1. The first-order valence-electron chi connectivity index (χ1n) is 11.8. The van der Waals surface area contributed by atoms with E-state index in [0.29, 0.717) is 6.54 Å². The van der Waals surface area contributed by atoms with E-state index in [2.05, 4.69) is 39.2 Å². The van der Waals surface area contributed by atoms with Gasteiger partial charge in [0.25, 0.3) is 0 Å². The Bertz CT molecular complexity index is 1060. The molecule has 1 N–H and O–H groups in total. The molecule has 1 spiro atoms. The highest BCUT2D eigenvalue weighted by Gasteiger charge is 2.42. The second-order valence-electron chi connectivity index (χ2n) is 9.75. The Balaban J connectivity index is 0.000000454. The number of alkyl halides is 3. The summed E-state index contributed by atoms with van der Waals surface area (Å²) in [5, 5.41) is 11.3. The molecule has 0 aliphatic carbocycles. The fourth-order valence-corrected chi connectivity index (χ4v) is 4.95. The number of hydrogen-bond donors (Lipinski definition) is 1. The number of halogens is 3. The highest BCUT2D eigenvalue weighted by molar-refractivity contribution is 5.77. The van der Waals surface area contributed by atoms with Gasteiger partial charge in [0, 0.05) is 44.7 Å². The molecule has 8 nitrogen and oxygen atoms in total. The Morgan fingerprint density at radius 2 is 1.75 bits per heavy atom. The normalized spacial score (nSPS) is 17.8. The van der Waals surface area contributed by atoms with Crippen molar-refractivity contribution >= 4 is 11.9 Å². The molecule has 1 aromatic carbocycles. The van der Waals surface area contributed by atoms with Crippen LogP contribution >= 0.6 is 0 Å². The maximum Gasteiger partial charge on any atom is 0.490 e. The Hall–Kier alpha value is -2.92. The van der Waals surface area contributed by atoms with Gasteiger partial charge in [-0.15, -0.1) is 0 Å². The number of aromatic nitrogens is 1. The highest BCUT2D eigenvalue weighted by atomic mass is 19.4. The number of fused-ring (bicyclic) bond motifs is 2. The van der Waals surface area contributed by atoms with Gasteiger partial charge < -0.3 is 14.5 Å². The molecule has 0 atom stereocenters. The number of rotatable bonds is 4. The van der Waals surface area contributed by atoms with Gasteiger partial charge in [0.2, 0.25) is 5.91 Å². The van der Waals surface area contributed by atoms with E-state index >= 15 is 0 Å². The molecular weight excluding hydrogens is 477 g/mol. The van der Waals surface area contributed by atoms with E-state index in [1.165, 1.54) is 16.7 Å². The average Bonchev–Trinajstić information content (AvgIpc) is 3.12. The van der Waals surface area contributed by atoms with Crippen molar-refractivity contribution in [3.8, 4) is 0 Å². The second kappa shape index (κ2) is 11.0. The van der Waals surface area contributed by atoms with Gasteiger partial charge in [-0.2, -0.15) is 13.2 Å². The van der Waals surface area contributed by atoms with Crippen molar-refractivity contribution in [2.45, 2.75) is 51.4 Å². The molecule has 2 aliphatic heterocycles. The first kappa shape index (κ1) is 27.7. The summed E-state index contributed by atoms with van der Waals surface area (Å²) < 4.78 is 37.1. The molecule has 1 saturated heterocycles. The number of likely N-dealkylation sites (N-methyl/N-ethyl adjacent to an activating group) is 1. The number of hydrogen-bond acceptors (Lipinski definition) is 6. The van der Waals surface area contributed by atoms with Crippen molar-refractivity contribution in [2.24, 2.45) is 0 Å². The predicted molar refractivity (Wildman–Crippen MR) is 126 cm³/mol. The first-order valence-corrected chi connectivity index (χ1v) is 11.8. The third-order valence-corrected chi connectivity index (χ3v) is 6.99. The van der Waals surface area contributed by atoms with E-state index in [-0.39, 0.29) is 11.3 Å². The fraction of sp³-hybridized carbons (Fsp3) is 0.560. The van der Waals surface area contributed by atoms with Gasteiger partial charge in [-0.25, -0.2) is 4.79 Å². The molecule has 1 aromatic heterocycles. The van der Waals surface area contributed by atoms with E-state index in [9.17, 15) is 18.0 Å². The number of nitrogens with zero attached hydrogens (tertiary/aromatic N) is 4. The molecule has 2 aromatic rings. The minimum atomic E-state index is -5.08. The lowest BCUT2D eigenvalue weighted by Gasteiger charge is -2.48. The molecule has 1 amide bonds. The predicted octanol–water partition coefficient (Wildman–Crippen LogP) is 3.36. The molecule has 0 unspecified atom stereocenters. The highest BCUT2D eigenvalue weighted by Crippen LogP contribution is 2.42. The van der Waals surface area contributed by atoms with Crippen LogP contribution in [0.15, 0.2) is 28.8 Å². The summed E-state index contributed by atoms with van der Waals surface area (Å²) in [5.41, 5.74) is 5.31. The van der Waals surface area contributed by atoms with E-state index in [1.807, 2.05) is 27.9 Å². The number of carbonyl (C=O) groups excluding carboxylic acids is 1. The summed E-state index contributed by atoms with van der Waals surface area (Å²) >= 11 is 0. The second-order valence-corrected chi connectivity index (χ2v) is 9.75. The van der Waals surface area contributed by atoms with Crippen molar-refractivity contribution in [1.82, 2.24) is 19.9 Å². The van der Waals surface area contributed by atoms with Gasteiger partial charge in [0.15, 0.2) is 0 Å². The minimum Gasteiger partial charge on any atom is -0.475 e. The van der Waals surface area contributed by atoms with Crippen molar-refractivity contribution in [3.05, 3.63) is 52.4 Å². The Morgan fingerprint density at radius 1 is 1.14 bits per heavy atom. The maximum atomic E-state index is 12.1. The summed E-state index contributed by atoms with van der Waals surface area (Å²) in [5.74, 6) is -1.65. The third-order valence-electron chi connectivity index (χ3n) is 6.99. The Kier molecular flexibility index (Phi) is 8.45. The zero-order chi connectivity index (χ0) is 26.7. The van der Waals surface area contributed by atoms with Crippen LogP contribution in [0.2, 0.25) is 0 Å². The van der Waals surface area contributed by atoms with Gasteiger partial charge in [0.1, 0.15) is 5.76 Å². The van der Waals surface area contributed by atoms with Crippen LogP contribution in [0.25, 0.3) is 0 Å². The quantitative estimate of drug-likeness (QED) is 0.675. The Labute approximate surface area is 208 Å². The average molecular weight is 511 g/mol. The summed E-state index contributed by atoms with van der Waals surface area (Å²) in [7, 11) is 3.66. The topological polar surface area (TPSA) is 90.1 Å². The van der Waals surface area contributed by atoms with E-state index in [4.69, 9.17) is 14.4 Å². The van der Waals surface area contributed by atoms with Gasteiger partial charge in [-0.3, -0.25) is 14.6 Å². The van der Waals surface area contributed by atoms with Crippen molar-refractivity contribution < 1.29 is 32.4 Å². The smallest absolute Gasteiger partial charge is 0.475 e. The fourth-order valence-electron chi connectivity index (χ4n) is 4.95. The molecule has 198 valence electrons. The lowest BCUT2D eigenvalue weighted by molar-refractivity contribution is -0.192. The monoisotopic (exact) mass is 510 g/mol. The summed E-state index contributed by atoms with van der Waals surface area (Å²) in [6.07, 6.45) is -2.91. The van der Waals surface area contributed by atoms with Crippen LogP contribution in [0.4, 0.5) is 13.2 Å². The van der Waals surface area contributed by atoms with Crippen LogP contribution in [0.5, 0.6) is 0 Å². The molecule has 36 heavy (non-hydrogen) atoms. The molecule has 0 radical (unpaired) electrons. The van der Waals surface area contributed by atoms with Gasteiger partial charge >= 0.3 is 12.1 Å². The number of likely N-dealkylation sites (tertiary alicyclic amines) is 1. The first-order chi connectivity index (χ1) is 16.8. The van der Waals surface area contributed by atoms with Crippen molar-refractivity contribution in [1.29, 1.82) is 0 Å². The molecule has 0 bridgehead atoms. The number of carbonyl (C=O) groups is 2. The summed E-state index contributed by atoms with van der Waals surface area (Å²) in [6.45, 7) is 9.37. The van der Waals surface area contributed by atoms with E-state index in [1.54, 1.807) is 4.90 Å². The summed E-state index contributed by atoms with van der Waals surface area (Å²) in [6, 6.07) is 8.92. The van der Waals surface area contributed by atoms with Crippen LogP contribution in [0.1, 0.15) is 41.0 Å². The molecule has 11 heteroatoms. The van der Waals surface area contributed by atoms with Crippen LogP contribution in [-0.2, 0) is 28.1 Å². The summed E-state index contributed by atoms with van der Waals surface area (Å²) in [4.78, 5) is 27.6. The molecular formula is C25H33F3N4O4. The van der Waals surface area contributed by atoms with Crippen LogP contribution < -0.4 is 0 Å². The zero-order valence-electron chi connectivity index (χ0n) is 21.1. The third kappa shape index (κ3) is 6.44. The Morgan fingerprint density at radius 3 is 2.28 bits per heavy atom. The lowest BCUT2D eigenvalue weighted by atomic mass is 9.68. The zero-order valence-corrected chi connectivity index (χ0v) is 21.1. The van der Waals surface area contributed by atoms with Crippen LogP contribution in [0.3, 0.4) is 0 Å². The molecule has 0 saturated carbocycles. The van der Waals surface area contributed by atoms with E-state index in [0.717, 1.165) is 57.0 Å². The number of aryl methyl sites for hydroxylation is 2. The number of carboxylic acids is 1. The molecule has 3 heterocycles. The largest absolute Gasteiger partial charge is 0.490 e. The van der Waals surface area contributed by atoms with Gasteiger partial charge in [-0.05, 0) is 50.9 Å². The number of carboxylic acid groups (broad SMARTS) is 1. The van der Waals surface area contributed by atoms with Gasteiger partial charge in [0.05, 0.1) is 12.2 Å². The van der Waals surface area contributed by atoms with E-state index < -0.39 is 12.1 Å². The number of piperidine rings is 1. The lowest BCUT2D eigenvalue weighted by Crippen LogP contribution is -2.52.